The number of aromatic nitrogens is 1. The predicted molar refractivity (Wildman–Crippen MR) is 68.2 cm³/mol. The molecule has 5 heteroatoms. The fourth-order valence-corrected chi connectivity index (χ4v) is 2.57. The van der Waals surface area contributed by atoms with E-state index in [0.717, 1.165) is 42.8 Å². The molecular weight excluding hydrogens is 230 g/mol. The minimum atomic E-state index is -0.0625. The summed E-state index contributed by atoms with van der Waals surface area (Å²) in [5, 5.41) is 10.2. The number of piperidine rings is 1. The quantitative estimate of drug-likeness (QED) is 0.856. The van der Waals surface area contributed by atoms with Crippen molar-refractivity contribution in [3.63, 3.8) is 0 Å². The molecule has 0 radical (unpaired) electrons. The summed E-state index contributed by atoms with van der Waals surface area (Å²) in [4.78, 5) is 12.1. The summed E-state index contributed by atoms with van der Waals surface area (Å²) in [6, 6.07) is -0.117. The van der Waals surface area contributed by atoms with Crippen LogP contribution >= 0.6 is 0 Å². The van der Waals surface area contributed by atoms with E-state index in [1.165, 1.54) is 0 Å². The maximum absolute atomic E-state index is 12.1. The number of rotatable bonds is 3. The minimum absolute atomic E-state index is 0.0540. The molecule has 2 N–H and O–H groups in total. The van der Waals surface area contributed by atoms with Gasteiger partial charge in [0.25, 0.3) is 0 Å². The van der Waals surface area contributed by atoms with Crippen LogP contribution < -0.4 is 10.6 Å². The molecule has 0 aromatic carbocycles. The fraction of sp³-hybridized carbons (Fsp3) is 0.692. The number of carbonyl (C=O) groups excluding carboxylic acids is 1. The summed E-state index contributed by atoms with van der Waals surface area (Å²) in [7, 11) is 0. The van der Waals surface area contributed by atoms with E-state index >= 15 is 0 Å². The average Bonchev–Trinajstić information content (AvgIpc) is 2.70. The summed E-state index contributed by atoms with van der Waals surface area (Å²) in [5.74, 6) is 0.846. The number of hydrogen-bond acceptors (Lipinski definition) is 4. The normalized spacial score (nSPS) is 21.6. The van der Waals surface area contributed by atoms with Gasteiger partial charge >= 0.3 is 0 Å². The molecule has 2 atom stereocenters. The van der Waals surface area contributed by atoms with Gasteiger partial charge in [-0.25, -0.2) is 0 Å². The lowest BCUT2D eigenvalue weighted by Crippen LogP contribution is -2.47. The van der Waals surface area contributed by atoms with Crippen molar-refractivity contribution < 1.29 is 9.32 Å². The van der Waals surface area contributed by atoms with Gasteiger partial charge in [-0.15, -0.1) is 0 Å². The van der Waals surface area contributed by atoms with Crippen LogP contribution in [0.2, 0.25) is 0 Å². The molecule has 1 aromatic heterocycles. The van der Waals surface area contributed by atoms with Crippen LogP contribution in [0.15, 0.2) is 4.52 Å². The van der Waals surface area contributed by atoms with Crippen LogP contribution in [0.25, 0.3) is 0 Å². The lowest BCUT2D eigenvalue weighted by atomic mass is 10.0. The van der Waals surface area contributed by atoms with Crippen LogP contribution in [0.3, 0.4) is 0 Å². The van der Waals surface area contributed by atoms with Crippen molar-refractivity contribution in [1.82, 2.24) is 15.8 Å². The molecule has 18 heavy (non-hydrogen) atoms. The zero-order valence-corrected chi connectivity index (χ0v) is 11.2. The highest BCUT2D eigenvalue weighted by Crippen LogP contribution is 2.21. The van der Waals surface area contributed by atoms with E-state index in [9.17, 15) is 4.79 Å². The van der Waals surface area contributed by atoms with E-state index in [0.29, 0.717) is 0 Å². The third-order valence-electron chi connectivity index (χ3n) is 3.51. The summed E-state index contributed by atoms with van der Waals surface area (Å²) >= 11 is 0. The second-order valence-electron chi connectivity index (χ2n) is 4.97. The Hall–Kier alpha value is -1.36. The minimum Gasteiger partial charge on any atom is -0.361 e. The van der Waals surface area contributed by atoms with Crippen LogP contribution in [-0.2, 0) is 4.79 Å². The highest BCUT2D eigenvalue weighted by atomic mass is 16.5. The molecule has 1 aliphatic rings. The Morgan fingerprint density at radius 1 is 1.50 bits per heavy atom. The van der Waals surface area contributed by atoms with Gasteiger partial charge in [0.2, 0.25) is 5.91 Å². The zero-order chi connectivity index (χ0) is 13.1. The zero-order valence-electron chi connectivity index (χ0n) is 11.2. The maximum Gasteiger partial charge on any atom is 0.237 e. The topological polar surface area (TPSA) is 67.2 Å². The number of aryl methyl sites for hydroxylation is 2. The summed E-state index contributed by atoms with van der Waals surface area (Å²) in [6.07, 6.45) is 3.19. The molecule has 2 heterocycles. The van der Waals surface area contributed by atoms with Crippen molar-refractivity contribution in [3.05, 3.63) is 17.0 Å². The van der Waals surface area contributed by atoms with Gasteiger partial charge in [0, 0.05) is 5.56 Å². The SMILES string of the molecule is Cc1noc(C)c1C(C)NC(=O)C1CCCCN1. The summed E-state index contributed by atoms with van der Waals surface area (Å²) < 4.78 is 5.13. The lowest BCUT2D eigenvalue weighted by molar-refractivity contribution is -0.124. The van der Waals surface area contributed by atoms with Crippen LogP contribution in [0.1, 0.15) is 49.2 Å². The molecule has 1 amide bonds. The molecule has 0 spiro atoms. The van der Waals surface area contributed by atoms with Crippen LogP contribution in [0, 0.1) is 13.8 Å². The Balaban J connectivity index is 1.98. The van der Waals surface area contributed by atoms with E-state index in [-0.39, 0.29) is 18.0 Å². The number of hydrogen-bond donors (Lipinski definition) is 2. The molecular formula is C13H21N3O2. The van der Waals surface area contributed by atoms with Gasteiger partial charge in [-0.05, 0) is 40.2 Å². The summed E-state index contributed by atoms with van der Waals surface area (Å²) in [5.41, 5.74) is 1.83. The van der Waals surface area contributed by atoms with Gasteiger partial charge in [-0.2, -0.15) is 0 Å². The van der Waals surface area contributed by atoms with Crippen molar-refractivity contribution >= 4 is 5.91 Å². The van der Waals surface area contributed by atoms with Gasteiger partial charge < -0.3 is 15.2 Å². The lowest BCUT2D eigenvalue weighted by Gasteiger charge is -2.24. The van der Waals surface area contributed by atoms with E-state index in [2.05, 4.69) is 15.8 Å². The molecule has 0 saturated carbocycles. The molecule has 1 aromatic rings. The standard InChI is InChI=1S/C13H21N3O2/c1-8(12-9(2)16-18-10(12)3)15-13(17)11-6-4-5-7-14-11/h8,11,14H,4-7H2,1-3H3,(H,15,17). The Labute approximate surface area is 107 Å². The first-order valence-corrected chi connectivity index (χ1v) is 6.56. The van der Waals surface area contributed by atoms with Crippen molar-refractivity contribution in [2.75, 3.05) is 6.54 Å². The van der Waals surface area contributed by atoms with E-state index in [1.54, 1.807) is 0 Å². The van der Waals surface area contributed by atoms with Crippen molar-refractivity contribution in [3.8, 4) is 0 Å². The predicted octanol–water partition coefficient (Wildman–Crippen LogP) is 1.61. The van der Waals surface area contributed by atoms with Crippen LogP contribution in [-0.4, -0.2) is 23.7 Å². The average molecular weight is 251 g/mol. The highest BCUT2D eigenvalue weighted by molar-refractivity contribution is 5.82. The number of carbonyl (C=O) groups is 1. The van der Waals surface area contributed by atoms with E-state index in [4.69, 9.17) is 4.52 Å². The number of nitrogens with zero attached hydrogens (tertiary/aromatic N) is 1. The first kappa shape index (κ1) is 13.1. The van der Waals surface area contributed by atoms with Crippen LogP contribution in [0.5, 0.6) is 0 Å². The molecule has 5 nitrogen and oxygen atoms in total. The first-order chi connectivity index (χ1) is 8.59. The molecule has 1 fully saturated rings. The third kappa shape index (κ3) is 2.72. The first-order valence-electron chi connectivity index (χ1n) is 6.56. The molecule has 1 saturated heterocycles. The molecule has 0 bridgehead atoms. The van der Waals surface area contributed by atoms with Gasteiger partial charge in [0.15, 0.2) is 0 Å². The molecule has 0 aliphatic carbocycles. The van der Waals surface area contributed by atoms with Gasteiger partial charge in [-0.1, -0.05) is 11.6 Å². The Morgan fingerprint density at radius 2 is 2.28 bits per heavy atom. The Morgan fingerprint density at radius 3 is 2.83 bits per heavy atom. The van der Waals surface area contributed by atoms with E-state index < -0.39 is 0 Å². The van der Waals surface area contributed by atoms with Crippen molar-refractivity contribution in [2.24, 2.45) is 0 Å². The Kier molecular flexibility index (Phi) is 4.01. The van der Waals surface area contributed by atoms with Gasteiger partial charge in [0.1, 0.15) is 5.76 Å². The highest BCUT2D eigenvalue weighted by Gasteiger charge is 2.24. The van der Waals surface area contributed by atoms with Crippen LogP contribution in [0.4, 0.5) is 0 Å². The van der Waals surface area contributed by atoms with Gasteiger partial charge in [-0.3, -0.25) is 4.79 Å². The second kappa shape index (κ2) is 5.52. The second-order valence-corrected chi connectivity index (χ2v) is 4.97. The third-order valence-corrected chi connectivity index (χ3v) is 3.51. The van der Waals surface area contributed by atoms with Gasteiger partial charge in [0.05, 0.1) is 17.8 Å². The van der Waals surface area contributed by atoms with Crippen molar-refractivity contribution in [1.29, 1.82) is 0 Å². The fourth-order valence-electron chi connectivity index (χ4n) is 2.57. The number of nitrogens with one attached hydrogen (secondary N) is 2. The smallest absolute Gasteiger partial charge is 0.237 e. The monoisotopic (exact) mass is 251 g/mol. The largest absolute Gasteiger partial charge is 0.361 e. The molecule has 2 unspecified atom stereocenters. The molecule has 2 rings (SSSR count). The molecule has 1 aliphatic heterocycles. The molecule has 100 valence electrons. The van der Waals surface area contributed by atoms with E-state index in [1.807, 2.05) is 20.8 Å². The van der Waals surface area contributed by atoms with Crippen molar-refractivity contribution in [2.45, 2.75) is 52.1 Å². The number of amides is 1. The summed E-state index contributed by atoms with van der Waals surface area (Å²) in [6.45, 7) is 6.66. The maximum atomic E-state index is 12.1. The Bertz CT molecular complexity index is 402.